The van der Waals surface area contributed by atoms with Crippen molar-refractivity contribution in [2.45, 2.75) is 12.8 Å². The number of hydrogen-bond acceptors (Lipinski definition) is 4. The zero-order chi connectivity index (χ0) is 10.8. The lowest BCUT2D eigenvalue weighted by atomic mass is 10.3. The molecule has 2 rings (SSSR count). The van der Waals surface area contributed by atoms with Gasteiger partial charge in [0.25, 0.3) is 5.56 Å². The second kappa shape index (κ2) is 3.72. The van der Waals surface area contributed by atoms with Gasteiger partial charge in [0.2, 0.25) is 0 Å². The van der Waals surface area contributed by atoms with E-state index in [0.29, 0.717) is 5.92 Å². The topological polar surface area (TPSA) is 102 Å². The van der Waals surface area contributed by atoms with Crippen LogP contribution < -0.4 is 16.6 Å². The highest BCUT2D eigenvalue weighted by molar-refractivity contribution is 5.82. The maximum absolute atomic E-state index is 11.4. The molecule has 1 fully saturated rings. The summed E-state index contributed by atoms with van der Waals surface area (Å²) in [5, 5.41) is 10.0. The molecule has 80 valence electrons. The van der Waals surface area contributed by atoms with E-state index in [9.17, 15) is 9.59 Å². The van der Waals surface area contributed by atoms with Gasteiger partial charge < -0.3 is 15.7 Å². The molecule has 0 amide bonds. The molecule has 0 unspecified atom stereocenters. The van der Waals surface area contributed by atoms with Gasteiger partial charge in [0.05, 0.1) is 5.69 Å². The van der Waals surface area contributed by atoms with Crippen LogP contribution in [0.3, 0.4) is 0 Å². The number of hydrogen-bond donors (Lipinski definition) is 4. The molecular formula is C9H12N4O2. The number of aromatic nitrogens is 2. The maximum Gasteiger partial charge on any atom is 0.326 e. The van der Waals surface area contributed by atoms with E-state index in [1.54, 1.807) is 0 Å². The van der Waals surface area contributed by atoms with Crippen LogP contribution in [0.15, 0.2) is 9.59 Å². The van der Waals surface area contributed by atoms with E-state index in [2.05, 4.69) is 15.3 Å². The van der Waals surface area contributed by atoms with Crippen LogP contribution in [0.4, 0.5) is 5.69 Å². The summed E-state index contributed by atoms with van der Waals surface area (Å²) in [6.07, 6.45) is 3.31. The van der Waals surface area contributed by atoms with Crippen molar-refractivity contribution in [3.8, 4) is 0 Å². The van der Waals surface area contributed by atoms with Crippen molar-refractivity contribution in [1.29, 1.82) is 5.41 Å². The second-order valence-electron chi connectivity index (χ2n) is 3.67. The lowest BCUT2D eigenvalue weighted by molar-refractivity contribution is 0.880. The fourth-order valence-corrected chi connectivity index (χ4v) is 1.36. The summed E-state index contributed by atoms with van der Waals surface area (Å²) in [5.74, 6) is 0.620. The lowest BCUT2D eigenvalue weighted by Crippen LogP contribution is -2.28. The van der Waals surface area contributed by atoms with Crippen LogP contribution in [-0.2, 0) is 0 Å². The molecule has 0 spiro atoms. The molecule has 1 heterocycles. The van der Waals surface area contributed by atoms with Crippen LogP contribution in [0.5, 0.6) is 0 Å². The van der Waals surface area contributed by atoms with Crippen molar-refractivity contribution >= 4 is 11.9 Å². The van der Waals surface area contributed by atoms with Crippen LogP contribution in [0.2, 0.25) is 0 Å². The third kappa shape index (κ3) is 2.15. The molecule has 1 saturated carbocycles. The van der Waals surface area contributed by atoms with Crippen LogP contribution in [-0.4, -0.2) is 22.7 Å². The highest BCUT2D eigenvalue weighted by Crippen LogP contribution is 2.28. The van der Waals surface area contributed by atoms with Crippen molar-refractivity contribution in [1.82, 2.24) is 9.97 Å². The first kappa shape index (κ1) is 9.70. The Morgan fingerprint density at radius 2 is 2.13 bits per heavy atom. The first-order valence-electron chi connectivity index (χ1n) is 4.81. The predicted molar refractivity (Wildman–Crippen MR) is 56.8 cm³/mol. The first-order valence-corrected chi connectivity index (χ1v) is 4.81. The van der Waals surface area contributed by atoms with Gasteiger partial charge in [-0.05, 0) is 18.8 Å². The molecule has 6 nitrogen and oxygen atoms in total. The molecule has 1 aromatic rings. The molecule has 4 N–H and O–H groups in total. The minimum Gasteiger partial charge on any atom is -0.379 e. The average Bonchev–Trinajstić information content (AvgIpc) is 2.99. The van der Waals surface area contributed by atoms with Gasteiger partial charge in [0.1, 0.15) is 5.69 Å². The molecule has 0 aromatic carbocycles. The van der Waals surface area contributed by atoms with Gasteiger partial charge >= 0.3 is 5.69 Å². The molecule has 1 aliphatic rings. The second-order valence-corrected chi connectivity index (χ2v) is 3.67. The van der Waals surface area contributed by atoms with E-state index in [1.807, 2.05) is 0 Å². The summed E-state index contributed by atoms with van der Waals surface area (Å²) >= 11 is 0. The van der Waals surface area contributed by atoms with E-state index < -0.39 is 11.2 Å². The molecule has 1 aliphatic carbocycles. The van der Waals surface area contributed by atoms with E-state index in [1.165, 1.54) is 12.8 Å². The minimum atomic E-state index is -0.588. The van der Waals surface area contributed by atoms with Crippen LogP contribution in [0, 0.1) is 11.3 Å². The van der Waals surface area contributed by atoms with Crippen molar-refractivity contribution in [3.05, 3.63) is 26.5 Å². The lowest BCUT2D eigenvalue weighted by Gasteiger charge is -2.06. The van der Waals surface area contributed by atoms with Crippen LogP contribution >= 0.6 is 0 Å². The Bertz CT molecular complexity index is 484. The van der Waals surface area contributed by atoms with Gasteiger partial charge in [-0.2, -0.15) is 0 Å². The van der Waals surface area contributed by atoms with E-state index in [-0.39, 0.29) is 11.4 Å². The highest BCUT2D eigenvalue weighted by atomic mass is 16.2. The predicted octanol–water partition coefficient (Wildman–Crippen LogP) is -0.117. The number of H-pyrrole nitrogens is 2. The molecular weight excluding hydrogens is 196 g/mol. The molecule has 1 aromatic heterocycles. The number of anilines is 1. The fourth-order valence-electron chi connectivity index (χ4n) is 1.36. The van der Waals surface area contributed by atoms with Crippen molar-refractivity contribution < 1.29 is 0 Å². The van der Waals surface area contributed by atoms with Crippen molar-refractivity contribution in [3.63, 3.8) is 0 Å². The molecule has 0 atom stereocenters. The smallest absolute Gasteiger partial charge is 0.326 e. The number of rotatable bonds is 4. The van der Waals surface area contributed by atoms with Crippen molar-refractivity contribution in [2.24, 2.45) is 5.92 Å². The maximum atomic E-state index is 11.4. The molecule has 0 aliphatic heterocycles. The van der Waals surface area contributed by atoms with Gasteiger partial charge in [0.15, 0.2) is 0 Å². The molecule has 6 heteroatoms. The van der Waals surface area contributed by atoms with Gasteiger partial charge in [-0.1, -0.05) is 0 Å². The highest BCUT2D eigenvalue weighted by Gasteiger charge is 2.21. The summed E-state index contributed by atoms with van der Waals surface area (Å²) in [4.78, 5) is 26.9. The Morgan fingerprint density at radius 3 is 2.73 bits per heavy atom. The third-order valence-electron chi connectivity index (χ3n) is 2.38. The Hall–Kier alpha value is -1.85. The average molecular weight is 208 g/mol. The normalized spacial score (nSPS) is 14.9. The summed E-state index contributed by atoms with van der Waals surface area (Å²) < 4.78 is 0. The standard InChI is InChI=1S/C9H12N4O2/c10-3-6-7(11-4-5-1-2-5)8(14)13-9(15)12-6/h3,5,10-11H,1-2,4H2,(H2,12,13,14,15). The SMILES string of the molecule is N=Cc1[nH]c(=O)[nH]c(=O)c1NCC1CC1. The first-order chi connectivity index (χ1) is 7.20. The Kier molecular flexibility index (Phi) is 2.40. The zero-order valence-corrected chi connectivity index (χ0v) is 8.09. The largest absolute Gasteiger partial charge is 0.379 e. The molecule has 15 heavy (non-hydrogen) atoms. The van der Waals surface area contributed by atoms with Gasteiger partial charge in [-0.3, -0.25) is 9.78 Å². The summed E-state index contributed by atoms with van der Waals surface area (Å²) in [7, 11) is 0. The number of nitrogens with one attached hydrogen (secondary N) is 4. The monoisotopic (exact) mass is 208 g/mol. The minimum absolute atomic E-state index is 0.226. The summed E-state index contributed by atoms with van der Waals surface area (Å²) in [6.45, 7) is 0.718. The van der Waals surface area contributed by atoms with Gasteiger partial charge in [0, 0.05) is 12.8 Å². The van der Waals surface area contributed by atoms with Crippen molar-refractivity contribution in [2.75, 3.05) is 11.9 Å². The molecule has 0 saturated heterocycles. The van der Waals surface area contributed by atoms with E-state index in [0.717, 1.165) is 12.8 Å². The molecule has 0 bridgehead atoms. The summed E-state index contributed by atoms with van der Waals surface area (Å²) in [5.41, 5.74) is -0.561. The van der Waals surface area contributed by atoms with Gasteiger partial charge in [-0.25, -0.2) is 4.79 Å². The van der Waals surface area contributed by atoms with Crippen LogP contribution in [0.1, 0.15) is 18.5 Å². The van der Waals surface area contributed by atoms with Gasteiger partial charge in [-0.15, -0.1) is 0 Å². The van der Waals surface area contributed by atoms with Crippen LogP contribution in [0.25, 0.3) is 0 Å². The van der Waals surface area contributed by atoms with E-state index in [4.69, 9.17) is 5.41 Å². The Balaban J connectivity index is 2.29. The van der Waals surface area contributed by atoms with E-state index >= 15 is 0 Å². The molecule has 0 radical (unpaired) electrons. The quantitative estimate of drug-likeness (QED) is 0.519. The Morgan fingerprint density at radius 1 is 1.40 bits per heavy atom. The zero-order valence-electron chi connectivity index (χ0n) is 8.09. The fraction of sp³-hybridized carbons (Fsp3) is 0.444. The Labute approximate surface area is 85.2 Å². The third-order valence-corrected chi connectivity index (χ3v) is 2.38. The number of aromatic amines is 2. The summed E-state index contributed by atoms with van der Waals surface area (Å²) in [6, 6.07) is 0.